The van der Waals surface area contributed by atoms with Gasteiger partial charge in [-0.1, -0.05) is 34.6 Å². The van der Waals surface area contributed by atoms with Crippen molar-refractivity contribution >= 4 is 39.3 Å². The predicted molar refractivity (Wildman–Crippen MR) is 104 cm³/mol. The fourth-order valence-electron chi connectivity index (χ4n) is 2.88. The Labute approximate surface area is 160 Å². The Morgan fingerprint density at radius 1 is 1.44 bits per heavy atom. The number of pyridine rings is 1. The highest BCUT2D eigenvalue weighted by Gasteiger charge is 2.19. The van der Waals surface area contributed by atoms with Gasteiger partial charge in [-0.25, -0.2) is 4.98 Å². The summed E-state index contributed by atoms with van der Waals surface area (Å²) in [5.41, 5.74) is 3.57. The summed E-state index contributed by atoms with van der Waals surface area (Å²) >= 11 is 4.69. The average Bonchev–Trinajstić information content (AvgIpc) is 2.61. The minimum absolute atomic E-state index is 0.107. The van der Waals surface area contributed by atoms with Crippen LogP contribution in [0.4, 0.5) is 5.69 Å². The van der Waals surface area contributed by atoms with Gasteiger partial charge >= 0.3 is 0 Å². The van der Waals surface area contributed by atoms with E-state index in [2.05, 4.69) is 39.2 Å². The van der Waals surface area contributed by atoms with Gasteiger partial charge in [0.1, 0.15) is 11.1 Å². The Balaban J connectivity index is 1.67. The standard InChI is InChI=1S/C19H18BrN3OS/c1-12-2-7-17-13(8-12)9-14(10-21)19(23-17)25-11-18(24)22-16-5-3-15(20)4-6-16/h3-6,9,12H,2,7-8,11H2,1H3,(H,22,24). The molecule has 0 saturated carbocycles. The van der Waals surface area contributed by atoms with Crippen molar-refractivity contribution in [2.24, 2.45) is 5.92 Å². The lowest BCUT2D eigenvalue weighted by molar-refractivity contribution is -0.113. The van der Waals surface area contributed by atoms with Gasteiger partial charge in [0.25, 0.3) is 0 Å². The Morgan fingerprint density at radius 3 is 2.92 bits per heavy atom. The summed E-state index contributed by atoms with van der Waals surface area (Å²) in [6, 6.07) is 11.6. The number of nitriles is 1. The van der Waals surface area contributed by atoms with Crippen LogP contribution in [0.2, 0.25) is 0 Å². The lowest BCUT2D eigenvalue weighted by Crippen LogP contribution is -2.16. The zero-order valence-electron chi connectivity index (χ0n) is 13.9. The number of halogens is 1. The van der Waals surface area contributed by atoms with Gasteiger partial charge in [0, 0.05) is 15.9 Å². The van der Waals surface area contributed by atoms with E-state index in [-0.39, 0.29) is 11.7 Å². The molecule has 128 valence electrons. The molecule has 3 rings (SSSR count). The molecule has 1 aliphatic rings. The van der Waals surface area contributed by atoms with Crippen molar-refractivity contribution in [3.8, 4) is 6.07 Å². The Kier molecular flexibility index (Phi) is 5.77. The number of carbonyl (C=O) groups excluding carboxylic acids is 1. The Hall–Kier alpha value is -1.84. The van der Waals surface area contributed by atoms with Gasteiger partial charge in [-0.05, 0) is 61.1 Å². The van der Waals surface area contributed by atoms with E-state index in [1.165, 1.54) is 17.3 Å². The molecule has 1 amide bonds. The van der Waals surface area contributed by atoms with Crippen LogP contribution < -0.4 is 5.32 Å². The summed E-state index contributed by atoms with van der Waals surface area (Å²) in [4.78, 5) is 16.8. The molecule has 25 heavy (non-hydrogen) atoms. The fourth-order valence-corrected chi connectivity index (χ4v) is 3.92. The second-order valence-electron chi connectivity index (χ2n) is 6.25. The first-order valence-corrected chi connectivity index (χ1v) is 9.94. The van der Waals surface area contributed by atoms with Crippen molar-refractivity contribution in [1.82, 2.24) is 4.98 Å². The number of aryl methyl sites for hydroxylation is 1. The summed E-state index contributed by atoms with van der Waals surface area (Å²) in [5.74, 6) is 0.757. The maximum absolute atomic E-state index is 12.1. The summed E-state index contributed by atoms with van der Waals surface area (Å²) in [7, 11) is 0. The second-order valence-corrected chi connectivity index (χ2v) is 8.13. The van der Waals surface area contributed by atoms with Crippen molar-refractivity contribution in [1.29, 1.82) is 5.26 Å². The van der Waals surface area contributed by atoms with Crippen molar-refractivity contribution in [2.45, 2.75) is 31.2 Å². The van der Waals surface area contributed by atoms with Crippen LogP contribution in [0.1, 0.15) is 30.2 Å². The van der Waals surface area contributed by atoms with Gasteiger partial charge in [-0.15, -0.1) is 0 Å². The number of hydrogen-bond donors (Lipinski definition) is 1. The van der Waals surface area contributed by atoms with Crippen LogP contribution in [-0.4, -0.2) is 16.6 Å². The molecule has 1 heterocycles. The molecule has 0 saturated heterocycles. The minimum atomic E-state index is -0.107. The molecule has 0 radical (unpaired) electrons. The maximum Gasteiger partial charge on any atom is 0.234 e. The number of fused-ring (bicyclic) bond motifs is 1. The molecule has 1 N–H and O–H groups in total. The first kappa shape index (κ1) is 18.0. The lowest BCUT2D eigenvalue weighted by Gasteiger charge is -2.21. The largest absolute Gasteiger partial charge is 0.325 e. The first-order chi connectivity index (χ1) is 12.0. The van der Waals surface area contributed by atoms with Crippen LogP contribution in [0.25, 0.3) is 0 Å². The molecular formula is C19H18BrN3OS. The molecule has 1 unspecified atom stereocenters. The second kappa shape index (κ2) is 8.03. The number of anilines is 1. The van der Waals surface area contributed by atoms with E-state index >= 15 is 0 Å². The van der Waals surface area contributed by atoms with E-state index in [0.29, 0.717) is 16.5 Å². The molecule has 2 aromatic rings. The van der Waals surface area contributed by atoms with Crippen LogP contribution in [0, 0.1) is 17.2 Å². The topological polar surface area (TPSA) is 65.8 Å². The number of thioether (sulfide) groups is 1. The van der Waals surface area contributed by atoms with E-state index < -0.39 is 0 Å². The molecule has 4 nitrogen and oxygen atoms in total. The molecule has 1 atom stereocenters. The number of benzene rings is 1. The fraction of sp³-hybridized carbons (Fsp3) is 0.316. The summed E-state index contributed by atoms with van der Waals surface area (Å²) in [6.07, 6.45) is 3.05. The number of carbonyl (C=O) groups is 1. The molecule has 0 bridgehead atoms. The summed E-state index contributed by atoms with van der Waals surface area (Å²) in [5, 5.41) is 12.9. The molecule has 0 fully saturated rings. The highest BCUT2D eigenvalue weighted by molar-refractivity contribution is 9.10. The summed E-state index contributed by atoms with van der Waals surface area (Å²) < 4.78 is 0.964. The van der Waals surface area contributed by atoms with Crippen LogP contribution in [0.3, 0.4) is 0 Å². The zero-order chi connectivity index (χ0) is 17.8. The maximum atomic E-state index is 12.1. The van der Waals surface area contributed by atoms with Crippen LogP contribution in [-0.2, 0) is 17.6 Å². The average molecular weight is 416 g/mol. The van der Waals surface area contributed by atoms with Gasteiger partial charge in [-0.3, -0.25) is 4.79 Å². The van der Waals surface area contributed by atoms with E-state index in [0.717, 1.165) is 35.1 Å². The number of aromatic nitrogens is 1. The van der Waals surface area contributed by atoms with Crippen LogP contribution in [0.15, 0.2) is 39.8 Å². The van der Waals surface area contributed by atoms with Gasteiger partial charge in [-0.2, -0.15) is 5.26 Å². The Bertz CT molecular complexity index is 830. The monoisotopic (exact) mass is 415 g/mol. The molecule has 6 heteroatoms. The van der Waals surface area contributed by atoms with Crippen LogP contribution in [0.5, 0.6) is 0 Å². The normalized spacial score (nSPS) is 16.0. The highest BCUT2D eigenvalue weighted by atomic mass is 79.9. The molecule has 0 spiro atoms. The molecule has 1 aromatic carbocycles. The number of rotatable bonds is 4. The molecule has 1 aromatic heterocycles. The van der Waals surface area contributed by atoms with Gasteiger partial charge in [0.15, 0.2) is 0 Å². The van der Waals surface area contributed by atoms with Gasteiger partial charge < -0.3 is 5.32 Å². The van der Waals surface area contributed by atoms with E-state index in [9.17, 15) is 10.1 Å². The quantitative estimate of drug-likeness (QED) is 0.742. The van der Waals surface area contributed by atoms with Crippen molar-refractivity contribution in [3.63, 3.8) is 0 Å². The van der Waals surface area contributed by atoms with E-state index in [4.69, 9.17) is 0 Å². The third-order valence-corrected chi connectivity index (χ3v) is 5.71. The van der Waals surface area contributed by atoms with Crippen molar-refractivity contribution in [2.75, 3.05) is 11.1 Å². The number of nitrogens with one attached hydrogen (secondary N) is 1. The third-order valence-electron chi connectivity index (χ3n) is 4.19. The van der Waals surface area contributed by atoms with Crippen molar-refractivity contribution < 1.29 is 4.79 Å². The number of hydrogen-bond acceptors (Lipinski definition) is 4. The predicted octanol–water partition coefficient (Wildman–Crippen LogP) is 4.57. The number of amides is 1. The van der Waals surface area contributed by atoms with Crippen molar-refractivity contribution in [3.05, 3.63) is 51.6 Å². The molecular weight excluding hydrogens is 398 g/mol. The van der Waals surface area contributed by atoms with Gasteiger partial charge in [0.05, 0.1) is 11.3 Å². The minimum Gasteiger partial charge on any atom is -0.325 e. The van der Waals surface area contributed by atoms with E-state index in [1.54, 1.807) is 0 Å². The highest BCUT2D eigenvalue weighted by Crippen LogP contribution is 2.29. The smallest absolute Gasteiger partial charge is 0.234 e. The third kappa shape index (κ3) is 4.62. The van der Waals surface area contributed by atoms with Gasteiger partial charge in [0.2, 0.25) is 5.91 Å². The van der Waals surface area contributed by atoms with Crippen LogP contribution >= 0.6 is 27.7 Å². The number of nitrogens with zero attached hydrogens (tertiary/aromatic N) is 2. The molecule has 0 aliphatic heterocycles. The summed E-state index contributed by atoms with van der Waals surface area (Å²) in [6.45, 7) is 2.23. The molecule has 1 aliphatic carbocycles. The lowest BCUT2D eigenvalue weighted by atomic mass is 9.87. The zero-order valence-corrected chi connectivity index (χ0v) is 16.3. The Morgan fingerprint density at radius 2 is 2.20 bits per heavy atom. The van der Waals surface area contributed by atoms with E-state index in [1.807, 2.05) is 30.3 Å². The SMILES string of the molecule is CC1CCc2nc(SCC(=O)Nc3ccc(Br)cc3)c(C#N)cc2C1. The first-order valence-electron chi connectivity index (χ1n) is 8.16.